The van der Waals surface area contributed by atoms with Gasteiger partial charge in [-0.3, -0.25) is 9.59 Å². The summed E-state index contributed by atoms with van der Waals surface area (Å²) in [6.07, 6.45) is 16.0. The predicted octanol–water partition coefficient (Wildman–Crippen LogP) is 2.87. The Kier molecular flexibility index (Phi) is 13.2. The number of unbranched alkanes of at least 4 members (excludes halogenated alkanes) is 3. The van der Waals surface area contributed by atoms with E-state index < -0.39 is 18.2 Å². The Morgan fingerprint density at radius 3 is 2.66 bits per heavy atom. The monoisotopic (exact) mass is 408 g/mol. The molecule has 0 aromatic heterocycles. The largest absolute Gasteiger partial charge is 0.457 e. The van der Waals surface area contributed by atoms with Gasteiger partial charge < -0.3 is 20.1 Å². The lowest BCUT2D eigenvalue weighted by atomic mass is 9.90. The molecule has 0 fully saturated rings. The van der Waals surface area contributed by atoms with E-state index in [9.17, 15) is 14.7 Å². The Labute approximate surface area is 174 Å². The second-order valence-electron chi connectivity index (χ2n) is 7.48. The minimum atomic E-state index is -0.847. The molecule has 1 aliphatic rings. The Balaban J connectivity index is 2.31. The van der Waals surface area contributed by atoms with Gasteiger partial charge in [0.25, 0.3) is 0 Å². The quantitative estimate of drug-likeness (QED) is 0.219. The van der Waals surface area contributed by atoms with E-state index in [2.05, 4.69) is 6.92 Å². The fraction of sp³-hybridized carbons (Fsp3) is 0.652. The van der Waals surface area contributed by atoms with Crippen molar-refractivity contribution in [1.82, 2.24) is 0 Å². The van der Waals surface area contributed by atoms with Gasteiger partial charge in [0, 0.05) is 12.3 Å². The molecule has 0 aromatic carbocycles. The maximum absolute atomic E-state index is 12.1. The number of aliphatic hydroxyl groups is 3. The first-order valence-electron chi connectivity index (χ1n) is 10.7. The van der Waals surface area contributed by atoms with Crippen LogP contribution in [0, 0.1) is 11.8 Å². The summed E-state index contributed by atoms with van der Waals surface area (Å²) in [4.78, 5) is 23.6. The van der Waals surface area contributed by atoms with Crippen LogP contribution in [0.3, 0.4) is 0 Å². The predicted molar refractivity (Wildman–Crippen MR) is 112 cm³/mol. The van der Waals surface area contributed by atoms with Gasteiger partial charge in [0.2, 0.25) is 0 Å². The van der Waals surface area contributed by atoms with Crippen molar-refractivity contribution in [3.05, 3.63) is 36.5 Å². The third-order valence-electron chi connectivity index (χ3n) is 4.97. The molecule has 0 saturated carbocycles. The number of esters is 1. The first kappa shape index (κ1) is 25.3. The Bertz CT molecular complexity index is 562. The van der Waals surface area contributed by atoms with Gasteiger partial charge in [-0.15, -0.1) is 0 Å². The maximum Gasteiger partial charge on any atom is 0.306 e. The molecule has 3 N–H and O–H groups in total. The van der Waals surface area contributed by atoms with Crippen LogP contribution in [0.25, 0.3) is 0 Å². The molecule has 3 unspecified atom stereocenters. The van der Waals surface area contributed by atoms with E-state index >= 15 is 0 Å². The molecule has 1 rings (SSSR count). The van der Waals surface area contributed by atoms with Gasteiger partial charge in [-0.1, -0.05) is 56.6 Å². The zero-order chi connectivity index (χ0) is 21.5. The van der Waals surface area contributed by atoms with Crippen LogP contribution in [0.4, 0.5) is 0 Å². The lowest BCUT2D eigenvalue weighted by Gasteiger charge is -2.13. The molecule has 6 heteroatoms. The first-order chi connectivity index (χ1) is 14.0. The van der Waals surface area contributed by atoms with Gasteiger partial charge in [-0.25, -0.2) is 0 Å². The fourth-order valence-corrected chi connectivity index (χ4v) is 3.18. The average Bonchev–Trinajstić information content (AvgIpc) is 3.06. The van der Waals surface area contributed by atoms with Crippen molar-refractivity contribution in [1.29, 1.82) is 0 Å². The smallest absolute Gasteiger partial charge is 0.306 e. The Hall–Kier alpha value is -1.76. The molecule has 0 radical (unpaired) electrons. The standard InChI is InChI=1S/C23H36O6/c1-2-3-6-10-19(26)13-14-21-18(12-15-22(21)27)9-7-4-5-8-11-23(28)29-20(16-24)17-25/h4,7,12-15,18-21,24-26H,2-3,5-6,8-11,16-17H2,1H3/b7-4-,14-13+. The van der Waals surface area contributed by atoms with E-state index in [1.807, 2.05) is 24.3 Å². The summed E-state index contributed by atoms with van der Waals surface area (Å²) in [6.45, 7) is 1.35. The number of allylic oxidation sites excluding steroid dienone is 5. The summed E-state index contributed by atoms with van der Waals surface area (Å²) < 4.78 is 4.90. The fourth-order valence-electron chi connectivity index (χ4n) is 3.18. The summed E-state index contributed by atoms with van der Waals surface area (Å²) in [7, 11) is 0. The number of rotatable bonds is 15. The highest BCUT2D eigenvalue weighted by Gasteiger charge is 2.26. The van der Waals surface area contributed by atoms with Gasteiger partial charge in [0.05, 0.1) is 19.3 Å². The topological polar surface area (TPSA) is 104 Å². The van der Waals surface area contributed by atoms with Crippen LogP contribution in [-0.2, 0) is 14.3 Å². The number of hydrogen-bond donors (Lipinski definition) is 3. The molecule has 0 heterocycles. The highest BCUT2D eigenvalue weighted by molar-refractivity contribution is 5.95. The molecule has 1 aliphatic carbocycles. The Morgan fingerprint density at radius 1 is 1.21 bits per heavy atom. The molecule has 3 atom stereocenters. The third kappa shape index (κ3) is 10.5. The van der Waals surface area contributed by atoms with Crippen LogP contribution >= 0.6 is 0 Å². The van der Waals surface area contributed by atoms with E-state index in [0.717, 1.165) is 32.1 Å². The number of ether oxygens (including phenoxy) is 1. The minimum absolute atomic E-state index is 0.0745. The number of hydrogen-bond acceptors (Lipinski definition) is 6. The minimum Gasteiger partial charge on any atom is -0.457 e. The van der Waals surface area contributed by atoms with Crippen LogP contribution in [-0.4, -0.2) is 52.5 Å². The van der Waals surface area contributed by atoms with Crippen LogP contribution in [0.15, 0.2) is 36.5 Å². The molecular weight excluding hydrogens is 372 g/mol. The van der Waals surface area contributed by atoms with Crippen LogP contribution in [0.1, 0.15) is 58.3 Å². The molecule has 0 aliphatic heterocycles. The number of ketones is 1. The van der Waals surface area contributed by atoms with E-state index in [1.165, 1.54) is 0 Å². The van der Waals surface area contributed by atoms with Crippen LogP contribution < -0.4 is 0 Å². The van der Waals surface area contributed by atoms with Crippen molar-refractivity contribution < 1.29 is 29.6 Å². The summed E-state index contributed by atoms with van der Waals surface area (Å²) in [5, 5.41) is 27.8. The lowest BCUT2D eigenvalue weighted by Crippen LogP contribution is -2.25. The number of aliphatic hydroxyl groups excluding tert-OH is 3. The van der Waals surface area contributed by atoms with Crippen molar-refractivity contribution in [2.75, 3.05) is 13.2 Å². The highest BCUT2D eigenvalue weighted by atomic mass is 16.6. The zero-order valence-corrected chi connectivity index (χ0v) is 17.4. The summed E-state index contributed by atoms with van der Waals surface area (Å²) in [6, 6.07) is 0. The van der Waals surface area contributed by atoms with Crippen molar-refractivity contribution in [3.63, 3.8) is 0 Å². The molecule has 29 heavy (non-hydrogen) atoms. The molecular formula is C23H36O6. The average molecular weight is 409 g/mol. The second-order valence-corrected chi connectivity index (χ2v) is 7.48. The molecule has 6 nitrogen and oxygen atoms in total. The van der Waals surface area contributed by atoms with E-state index in [1.54, 1.807) is 12.2 Å². The molecule has 164 valence electrons. The SMILES string of the molecule is CCCCCC(O)/C=C/C1C(=O)C=CC1C/C=C\CCCC(=O)OC(CO)CO. The van der Waals surface area contributed by atoms with Crippen LogP contribution in [0.2, 0.25) is 0 Å². The third-order valence-corrected chi connectivity index (χ3v) is 4.97. The van der Waals surface area contributed by atoms with Gasteiger partial charge in [0.1, 0.15) is 6.10 Å². The highest BCUT2D eigenvalue weighted by Crippen LogP contribution is 2.27. The van der Waals surface area contributed by atoms with E-state index in [0.29, 0.717) is 12.8 Å². The van der Waals surface area contributed by atoms with Crippen LogP contribution in [0.5, 0.6) is 0 Å². The van der Waals surface area contributed by atoms with Crippen molar-refractivity contribution in [2.24, 2.45) is 11.8 Å². The Morgan fingerprint density at radius 2 is 1.97 bits per heavy atom. The van der Waals surface area contributed by atoms with Gasteiger partial charge in [-0.2, -0.15) is 0 Å². The lowest BCUT2D eigenvalue weighted by molar-refractivity contribution is -0.153. The number of carbonyl (C=O) groups is 2. The van der Waals surface area contributed by atoms with Crippen molar-refractivity contribution >= 4 is 11.8 Å². The van der Waals surface area contributed by atoms with Crippen molar-refractivity contribution in [3.8, 4) is 0 Å². The van der Waals surface area contributed by atoms with Gasteiger partial charge in [0.15, 0.2) is 5.78 Å². The molecule has 0 aromatic rings. The second kappa shape index (κ2) is 15.1. The summed E-state index contributed by atoms with van der Waals surface area (Å²) in [5.74, 6) is -0.481. The summed E-state index contributed by atoms with van der Waals surface area (Å²) in [5.41, 5.74) is 0. The molecule has 0 bridgehead atoms. The molecule has 0 amide bonds. The maximum atomic E-state index is 12.1. The van der Waals surface area contributed by atoms with Gasteiger partial charge in [-0.05, 0) is 37.7 Å². The zero-order valence-electron chi connectivity index (χ0n) is 17.4. The van der Waals surface area contributed by atoms with E-state index in [-0.39, 0.29) is 37.3 Å². The summed E-state index contributed by atoms with van der Waals surface area (Å²) >= 11 is 0. The number of carbonyl (C=O) groups excluding carboxylic acids is 2. The molecule has 0 saturated heterocycles. The normalized spacial score (nSPS) is 20.4. The van der Waals surface area contributed by atoms with Gasteiger partial charge >= 0.3 is 5.97 Å². The first-order valence-corrected chi connectivity index (χ1v) is 10.7. The van der Waals surface area contributed by atoms with Crippen molar-refractivity contribution in [2.45, 2.75) is 70.5 Å². The van der Waals surface area contributed by atoms with E-state index in [4.69, 9.17) is 14.9 Å². The molecule has 0 spiro atoms.